The number of hydrogen-bond donors (Lipinski definition) is 1. The number of nitrogens with zero attached hydrogens (tertiary/aromatic N) is 4. The van der Waals surface area contributed by atoms with Gasteiger partial charge in [0.1, 0.15) is 18.2 Å². The molecule has 2 fully saturated rings. The van der Waals surface area contributed by atoms with Crippen LogP contribution in [-0.2, 0) is 39.9 Å². The molecule has 0 unspecified atom stereocenters. The van der Waals surface area contributed by atoms with Gasteiger partial charge in [0.15, 0.2) is 29.2 Å². The van der Waals surface area contributed by atoms with Gasteiger partial charge in [0.05, 0.1) is 0 Å². The number of carbonyl (C=O) groups is 3. The Morgan fingerprint density at radius 3 is 2.32 bits per heavy atom. The zero-order valence-corrected chi connectivity index (χ0v) is 19.5. The molecule has 2 aromatic rings. The summed E-state index contributed by atoms with van der Waals surface area (Å²) in [6.45, 7) is 3.60. The number of halogens is 1. The Kier molecular flexibility index (Phi) is 6.49. The smallest absolute Gasteiger partial charge is 0.332 e. The molecule has 3 heterocycles. The van der Waals surface area contributed by atoms with Crippen LogP contribution in [0.5, 0.6) is 0 Å². The van der Waals surface area contributed by atoms with Crippen molar-refractivity contribution in [2.24, 2.45) is 5.92 Å². The van der Waals surface area contributed by atoms with Gasteiger partial charge in [-0.15, -0.1) is 0 Å². The third-order valence-electron chi connectivity index (χ3n) is 5.51. The fourth-order valence-electron chi connectivity index (χ4n) is 4.01. The zero-order valence-electron chi connectivity index (χ0n) is 18.7. The van der Waals surface area contributed by atoms with Crippen LogP contribution in [0.2, 0.25) is 5.15 Å². The maximum atomic E-state index is 13.6. The largest absolute Gasteiger partial charge is 0.463 e. The van der Waals surface area contributed by atoms with Gasteiger partial charge in [0.25, 0.3) is 0 Å². The fraction of sp³-hybridized carbons (Fsp3) is 0.600. The lowest BCUT2D eigenvalue weighted by Gasteiger charge is -2.23. The first kappa shape index (κ1) is 24.0. The van der Waals surface area contributed by atoms with Crippen LogP contribution in [0.3, 0.4) is 0 Å². The molecule has 1 saturated heterocycles. The molecular weight excluding hydrogens is 474 g/mol. The highest BCUT2D eigenvalue weighted by molar-refractivity contribution is 6.33. The highest BCUT2D eigenvalue weighted by Gasteiger charge is 2.52. The number of nitrogen functional groups attached to an aromatic ring is 1. The molecule has 34 heavy (non-hydrogen) atoms. The Hall–Kier alpha value is -3.19. The highest BCUT2D eigenvalue weighted by Crippen LogP contribution is 2.37. The lowest BCUT2D eigenvalue weighted by molar-refractivity contribution is -0.166. The summed E-state index contributed by atoms with van der Waals surface area (Å²) in [6, 6.07) is 0. The van der Waals surface area contributed by atoms with Crippen LogP contribution < -0.4 is 11.4 Å². The molecule has 0 amide bonds. The molecule has 4 rings (SSSR count). The van der Waals surface area contributed by atoms with Gasteiger partial charge in [0.2, 0.25) is 5.95 Å². The molecule has 0 aromatic carbocycles. The van der Waals surface area contributed by atoms with Crippen LogP contribution in [0.25, 0.3) is 11.2 Å². The van der Waals surface area contributed by atoms with Gasteiger partial charge >= 0.3 is 23.6 Å². The van der Waals surface area contributed by atoms with Crippen molar-refractivity contribution >= 4 is 46.6 Å². The molecule has 4 atom stereocenters. The number of esters is 3. The van der Waals surface area contributed by atoms with Crippen LogP contribution in [-0.4, -0.2) is 61.9 Å². The van der Waals surface area contributed by atoms with E-state index in [0.29, 0.717) is 12.5 Å². The summed E-state index contributed by atoms with van der Waals surface area (Å²) >= 11 is 6.34. The van der Waals surface area contributed by atoms with Crippen molar-refractivity contribution in [2.75, 3.05) is 12.3 Å². The maximum Gasteiger partial charge on any atom is 0.332 e. The maximum absolute atomic E-state index is 13.6. The van der Waals surface area contributed by atoms with E-state index in [9.17, 15) is 19.2 Å². The van der Waals surface area contributed by atoms with Crippen molar-refractivity contribution in [1.82, 2.24) is 19.1 Å². The minimum atomic E-state index is -1.28. The number of nitrogens with two attached hydrogens (primary N) is 1. The lowest BCUT2D eigenvalue weighted by Crippen LogP contribution is -2.41. The van der Waals surface area contributed by atoms with Crippen LogP contribution >= 0.6 is 11.6 Å². The molecule has 14 heteroatoms. The first-order chi connectivity index (χ1) is 16.1. The number of hydrogen-bond acceptors (Lipinski definition) is 11. The van der Waals surface area contributed by atoms with E-state index in [1.165, 1.54) is 18.4 Å². The average molecular weight is 498 g/mol. The monoisotopic (exact) mass is 497 g/mol. The second-order valence-electron chi connectivity index (χ2n) is 8.27. The van der Waals surface area contributed by atoms with Crippen molar-refractivity contribution in [2.45, 2.75) is 64.7 Å². The number of aromatic nitrogens is 4. The quantitative estimate of drug-likeness (QED) is 0.322. The molecule has 0 radical (unpaired) electrons. The summed E-state index contributed by atoms with van der Waals surface area (Å²) in [5.41, 5.74) is 5.58. The molecule has 13 nitrogen and oxygen atoms in total. The minimum absolute atomic E-state index is 0.0194. The standard InChI is InChI=1S/C20H24ClN5O8/c1-8(27)31-7-12-14(32-9(2)28)15(33-10(3)29)18(34-12)26-17-13(16(21)23-19(22)24-17)25(20(26)30)6-11-4-5-11/h11-12,14-15,18H,4-7H2,1-3H3,(H2,22,23,24)/t12-,14+,15-,18-/m1/s1. The molecule has 1 saturated carbocycles. The minimum Gasteiger partial charge on any atom is -0.463 e. The summed E-state index contributed by atoms with van der Waals surface area (Å²) in [5, 5.41) is -0.0194. The number of carbonyl (C=O) groups excluding carboxylic acids is 3. The Balaban J connectivity index is 1.86. The molecule has 0 bridgehead atoms. The fourth-order valence-corrected chi connectivity index (χ4v) is 4.28. The van der Waals surface area contributed by atoms with E-state index in [2.05, 4.69) is 9.97 Å². The average Bonchev–Trinajstić information content (AvgIpc) is 3.43. The number of rotatable bonds is 7. The van der Waals surface area contributed by atoms with Gasteiger partial charge in [0, 0.05) is 27.3 Å². The molecule has 1 aliphatic carbocycles. The van der Waals surface area contributed by atoms with Crippen molar-refractivity contribution in [3.63, 3.8) is 0 Å². The molecule has 184 valence electrons. The predicted octanol–water partition coefficient (Wildman–Crippen LogP) is 0.562. The summed E-state index contributed by atoms with van der Waals surface area (Å²) in [5.74, 6) is -1.86. The second kappa shape index (κ2) is 9.22. The van der Waals surface area contributed by atoms with E-state index >= 15 is 0 Å². The van der Waals surface area contributed by atoms with Crippen LogP contribution in [0.15, 0.2) is 4.79 Å². The molecule has 1 aliphatic heterocycles. The van der Waals surface area contributed by atoms with Crippen LogP contribution in [0, 0.1) is 5.92 Å². The second-order valence-corrected chi connectivity index (χ2v) is 8.63. The van der Waals surface area contributed by atoms with Crippen LogP contribution in [0.1, 0.15) is 39.8 Å². The number of imidazole rings is 1. The van der Waals surface area contributed by atoms with Crippen molar-refractivity contribution in [1.29, 1.82) is 0 Å². The number of fused-ring (bicyclic) bond motifs is 1. The van der Waals surface area contributed by atoms with Gasteiger partial charge in [-0.3, -0.25) is 19.0 Å². The Bertz CT molecular complexity index is 1210. The van der Waals surface area contributed by atoms with Gasteiger partial charge in [-0.2, -0.15) is 9.97 Å². The zero-order chi connectivity index (χ0) is 24.7. The number of anilines is 1. The van der Waals surface area contributed by atoms with E-state index in [0.717, 1.165) is 24.3 Å². The van der Waals surface area contributed by atoms with Gasteiger partial charge in [-0.05, 0) is 18.8 Å². The Morgan fingerprint density at radius 2 is 1.74 bits per heavy atom. The predicted molar refractivity (Wildman–Crippen MR) is 116 cm³/mol. The van der Waals surface area contributed by atoms with Gasteiger partial charge in [-0.25, -0.2) is 9.36 Å². The van der Waals surface area contributed by atoms with E-state index in [-0.39, 0.29) is 28.9 Å². The Labute approximate surface area is 198 Å². The van der Waals surface area contributed by atoms with Crippen molar-refractivity contribution in [3.05, 3.63) is 15.6 Å². The Morgan fingerprint density at radius 1 is 1.09 bits per heavy atom. The third kappa shape index (κ3) is 4.71. The molecule has 2 aliphatic rings. The van der Waals surface area contributed by atoms with E-state index in [1.54, 1.807) is 0 Å². The van der Waals surface area contributed by atoms with Crippen LogP contribution in [0.4, 0.5) is 5.95 Å². The summed E-state index contributed by atoms with van der Waals surface area (Å²) in [6.07, 6.45) is -2.83. The summed E-state index contributed by atoms with van der Waals surface area (Å²) in [7, 11) is 0. The molecule has 2 aromatic heterocycles. The normalized spacial score (nSPS) is 24.2. The van der Waals surface area contributed by atoms with Gasteiger partial charge < -0.3 is 24.7 Å². The highest BCUT2D eigenvalue weighted by atomic mass is 35.5. The SMILES string of the molecule is CC(=O)OC[C@H]1O[C@@H](n2c(=O)n(CC3CC3)c3c(Cl)nc(N)nc32)[C@H](OC(C)=O)[C@H]1OC(C)=O. The first-order valence-corrected chi connectivity index (χ1v) is 11.0. The van der Waals surface area contributed by atoms with E-state index < -0.39 is 48.1 Å². The van der Waals surface area contributed by atoms with Gasteiger partial charge in [-0.1, -0.05) is 11.6 Å². The third-order valence-corrected chi connectivity index (χ3v) is 5.77. The van der Waals surface area contributed by atoms with Crippen molar-refractivity contribution in [3.8, 4) is 0 Å². The van der Waals surface area contributed by atoms with E-state index in [4.69, 9.17) is 36.3 Å². The molecular formula is C20H24ClN5O8. The lowest BCUT2D eigenvalue weighted by atomic mass is 10.1. The first-order valence-electron chi connectivity index (χ1n) is 10.6. The molecule has 2 N–H and O–H groups in total. The number of ether oxygens (including phenoxy) is 4. The topological polar surface area (TPSA) is 167 Å². The molecule has 0 spiro atoms. The summed E-state index contributed by atoms with van der Waals surface area (Å²) in [4.78, 5) is 56.9. The summed E-state index contributed by atoms with van der Waals surface area (Å²) < 4.78 is 24.4. The van der Waals surface area contributed by atoms with Crippen molar-refractivity contribution < 1.29 is 33.3 Å². The van der Waals surface area contributed by atoms with E-state index in [1.807, 2.05) is 0 Å².